The van der Waals surface area contributed by atoms with Crippen molar-refractivity contribution >= 4 is 11.3 Å². The molecule has 4 heterocycles. The first-order valence-corrected chi connectivity index (χ1v) is 8.49. The Kier molecular flexibility index (Phi) is 3.50. The van der Waals surface area contributed by atoms with E-state index in [0.717, 1.165) is 17.2 Å². The number of hydrogen-bond acceptors (Lipinski definition) is 7. The van der Waals surface area contributed by atoms with E-state index in [2.05, 4.69) is 70.2 Å². The number of imidazole rings is 1. The summed E-state index contributed by atoms with van der Waals surface area (Å²) in [5, 5.41) is 20.9. The summed E-state index contributed by atoms with van der Waals surface area (Å²) < 4.78 is 3.46. The summed E-state index contributed by atoms with van der Waals surface area (Å²) in [5.74, 6) is 1.66. The Morgan fingerprint density at radius 3 is 2.58 bits per heavy atom. The van der Waals surface area contributed by atoms with Crippen molar-refractivity contribution < 1.29 is 0 Å². The van der Waals surface area contributed by atoms with E-state index in [4.69, 9.17) is 0 Å². The van der Waals surface area contributed by atoms with Crippen LogP contribution in [0.1, 0.15) is 52.0 Å². The van der Waals surface area contributed by atoms with Crippen LogP contribution in [-0.4, -0.2) is 44.6 Å². The minimum atomic E-state index is -0.335. The van der Waals surface area contributed by atoms with Gasteiger partial charge in [-0.05, 0) is 5.21 Å². The number of rotatable bonds is 3. The Morgan fingerprint density at radius 2 is 1.85 bits per heavy atom. The summed E-state index contributed by atoms with van der Waals surface area (Å²) in [5.41, 5.74) is 1.87. The lowest BCUT2D eigenvalue weighted by Crippen LogP contribution is -2.24. The molecule has 0 radical (unpaired) electrons. The van der Waals surface area contributed by atoms with Crippen LogP contribution in [0.15, 0.2) is 24.7 Å². The Morgan fingerprint density at radius 1 is 1.04 bits per heavy atom. The molecule has 0 saturated heterocycles. The first-order valence-electron chi connectivity index (χ1n) is 8.49. The van der Waals surface area contributed by atoms with Crippen molar-refractivity contribution in [1.29, 1.82) is 0 Å². The van der Waals surface area contributed by atoms with Gasteiger partial charge in [0.1, 0.15) is 5.82 Å². The van der Waals surface area contributed by atoms with Crippen molar-refractivity contribution in [1.82, 2.24) is 44.6 Å². The normalized spacial score (nSPS) is 13.0. The molecule has 4 rings (SSSR count). The second kappa shape index (κ2) is 5.52. The summed E-state index contributed by atoms with van der Waals surface area (Å²) in [6.07, 6.45) is 6.01. The SMILES string of the molecule is CC(C)(C)c1ncc2nnc(CC(C)(C)c3nc4ccnnn4n3)cn12. The highest BCUT2D eigenvalue weighted by atomic mass is 15.5. The van der Waals surface area contributed by atoms with E-state index in [1.807, 2.05) is 10.6 Å². The fourth-order valence-corrected chi connectivity index (χ4v) is 2.96. The fraction of sp³-hybridized carbons (Fsp3) is 0.471. The van der Waals surface area contributed by atoms with Gasteiger partial charge in [0, 0.05) is 29.5 Å². The molecule has 0 aromatic carbocycles. The van der Waals surface area contributed by atoms with E-state index in [0.29, 0.717) is 17.9 Å². The van der Waals surface area contributed by atoms with Gasteiger partial charge in [0.05, 0.1) is 18.1 Å². The minimum Gasteiger partial charge on any atom is -0.284 e. The maximum Gasteiger partial charge on any atom is 0.179 e. The first-order chi connectivity index (χ1) is 12.2. The highest BCUT2D eigenvalue weighted by molar-refractivity contribution is 5.38. The van der Waals surface area contributed by atoms with Crippen molar-refractivity contribution in [2.24, 2.45) is 0 Å². The molecule has 0 aliphatic rings. The highest BCUT2D eigenvalue weighted by Gasteiger charge is 2.28. The summed E-state index contributed by atoms with van der Waals surface area (Å²) in [6, 6.07) is 1.78. The van der Waals surface area contributed by atoms with Gasteiger partial charge in [-0.2, -0.15) is 5.10 Å². The van der Waals surface area contributed by atoms with E-state index in [1.165, 1.54) is 4.63 Å². The van der Waals surface area contributed by atoms with Crippen LogP contribution >= 0.6 is 0 Å². The summed E-state index contributed by atoms with van der Waals surface area (Å²) in [6.45, 7) is 10.6. The molecule has 0 aliphatic carbocycles. The molecule has 0 saturated carbocycles. The molecule has 134 valence electrons. The molecule has 9 nitrogen and oxygen atoms in total. The van der Waals surface area contributed by atoms with Gasteiger partial charge in [0.2, 0.25) is 0 Å². The molecule has 9 heteroatoms. The van der Waals surface area contributed by atoms with Gasteiger partial charge in [-0.1, -0.05) is 34.6 Å². The smallest absolute Gasteiger partial charge is 0.179 e. The van der Waals surface area contributed by atoms with Crippen molar-refractivity contribution in [3.8, 4) is 0 Å². The number of nitrogens with zero attached hydrogens (tertiary/aromatic N) is 9. The molecule has 0 N–H and O–H groups in total. The standard InChI is InChI=1S/C17H21N9/c1-16(2,3)15-18-9-13-22-21-11(10-25(13)15)8-17(4,5)14-20-12-6-7-19-24-26(12)23-14/h6-7,9-10H,8H2,1-5H3. The van der Waals surface area contributed by atoms with Crippen LogP contribution in [0.2, 0.25) is 0 Å². The zero-order chi connectivity index (χ0) is 18.5. The zero-order valence-electron chi connectivity index (χ0n) is 15.5. The monoisotopic (exact) mass is 351 g/mol. The molecule has 26 heavy (non-hydrogen) atoms. The second-order valence-corrected chi connectivity index (χ2v) is 8.14. The van der Waals surface area contributed by atoms with Crippen molar-refractivity contribution in [3.63, 3.8) is 0 Å². The van der Waals surface area contributed by atoms with Crippen LogP contribution in [0.25, 0.3) is 11.3 Å². The van der Waals surface area contributed by atoms with Crippen molar-refractivity contribution in [2.45, 2.75) is 51.9 Å². The third-order valence-corrected chi connectivity index (χ3v) is 4.28. The fourth-order valence-electron chi connectivity index (χ4n) is 2.96. The third kappa shape index (κ3) is 2.79. The van der Waals surface area contributed by atoms with Gasteiger partial charge < -0.3 is 0 Å². The van der Waals surface area contributed by atoms with E-state index in [1.54, 1.807) is 18.5 Å². The number of fused-ring (bicyclic) bond motifs is 2. The lowest BCUT2D eigenvalue weighted by atomic mass is 9.87. The highest BCUT2D eigenvalue weighted by Crippen LogP contribution is 2.26. The lowest BCUT2D eigenvalue weighted by molar-refractivity contribution is 0.472. The van der Waals surface area contributed by atoms with Gasteiger partial charge in [-0.25, -0.2) is 9.97 Å². The Labute approximate surface area is 150 Å². The molecule has 4 aromatic heterocycles. The molecule has 0 fully saturated rings. The first kappa shape index (κ1) is 16.5. The largest absolute Gasteiger partial charge is 0.284 e. The van der Waals surface area contributed by atoms with Crippen LogP contribution in [0.5, 0.6) is 0 Å². The second-order valence-electron chi connectivity index (χ2n) is 8.14. The molecule has 4 aromatic rings. The Hall–Kier alpha value is -2.97. The molecule has 0 amide bonds. The van der Waals surface area contributed by atoms with Crippen LogP contribution in [0.4, 0.5) is 0 Å². The van der Waals surface area contributed by atoms with Gasteiger partial charge in [-0.3, -0.25) is 4.40 Å². The van der Waals surface area contributed by atoms with Gasteiger partial charge in [0.15, 0.2) is 17.1 Å². The van der Waals surface area contributed by atoms with Gasteiger partial charge in [0.25, 0.3) is 0 Å². The average Bonchev–Trinajstić information content (AvgIpc) is 3.18. The Balaban J connectivity index is 1.71. The molecule has 0 unspecified atom stereocenters. The summed E-state index contributed by atoms with van der Waals surface area (Å²) in [7, 11) is 0. The average molecular weight is 351 g/mol. The molecule has 0 aliphatic heterocycles. The van der Waals surface area contributed by atoms with Crippen LogP contribution in [0, 0.1) is 0 Å². The van der Waals surface area contributed by atoms with E-state index in [9.17, 15) is 0 Å². The predicted octanol–water partition coefficient (Wildman–Crippen LogP) is 1.77. The predicted molar refractivity (Wildman–Crippen MR) is 94.8 cm³/mol. The molecule has 0 bridgehead atoms. The number of aromatic nitrogens is 9. The molecular formula is C17H21N9. The topological polar surface area (TPSA) is 99.0 Å². The van der Waals surface area contributed by atoms with Crippen LogP contribution in [0.3, 0.4) is 0 Å². The lowest BCUT2D eigenvalue weighted by Gasteiger charge is -2.20. The summed E-state index contributed by atoms with van der Waals surface area (Å²) in [4.78, 5) is 9.08. The maximum atomic E-state index is 4.57. The van der Waals surface area contributed by atoms with Crippen LogP contribution < -0.4 is 0 Å². The molecular weight excluding hydrogens is 330 g/mol. The quantitative estimate of drug-likeness (QED) is 0.554. The van der Waals surface area contributed by atoms with E-state index in [-0.39, 0.29) is 10.8 Å². The molecule has 0 atom stereocenters. The van der Waals surface area contributed by atoms with E-state index >= 15 is 0 Å². The Bertz CT molecular complexity index is 1050. The van der Waals surface area contributed by atoms with Crippen molar-refractivity contribution in [2.75, 3.05) is 0 Å². The summed E-state index contributed by atoms with van der Waals surface area (Å²) >= 11 is 0. The minimum absolute atomic E-state index is 0.0793. The third-order valence-electron chi connectivity index (χ3n) is 4.28. The zero-order valence-corrected chi connectivity index (χ0v) is 15.5. The van der Waals surface area contributed by atoms with Crippen LogP contribution in [-0.2, 0) is 17.3 Å². The molecule has 0 spiro atoms. The van der Waals surface area contributed by atoms with E-state index < -0.39 is 0 Å². The van der Waals surface area contributed by atoms with Gasteiger partial charge in [-0.15, -0.1) is 19.9 Å². The maximum absolute atomic E-state index is 4.57. The van der Waals surface area contributed by atoms with Crippen molar-refractivity contribution in [3.05, 3.63) is 42.0 Å². The number of hydrogen-bond donors (Lipinski definition) is 0. The van der Waals surface area contributed by atoms with Gasteiger partial charge >= 0.3 is 0 Å².